The molecule has 0 spiro atoms. The van der Waals surface area contributed by atoms with E-state index in [1.54, 1.807) is 31.3 Å². The molecule has 9 heteroatoms. The van der Waals surface area contributed by atoms with Crippen LogP contribution in [0, 0.1) is 5.92 Å². The number of imide groups is 2. The summed E-state index contributed by atoms with van der Waals surface area (Å²) in [5, 5.41) is 1.76. The molecule has 2 rings (SSSR count). The van der Waals surface area contributed by atoms with Gasteiger partial charge in [-0.3, -0.25) is 24.6 Å². The molecule has 3 N–H and O–H groups in total. The van der Waals surface area contributed by atoms with Gasteiger partial charge in [0.25, 0.3) is 17.7 Å². The Morgan fingerprint density at radius 2 is 1.69 bits per heavy atom. The van der Waals surface area contributed by atoms with Gasteiger partial charge in [-0.2, -0.15) is 0 Å². The van der Waals surface area contributed by atoms with Crippen LogP contribution in [0.25, 0.3) is 0 Å². The molecule has 26 heavy (non-hydrogen) atoms. The van der Waals surface area contributed by atoms with Gasteiger partial charge in [0, 0.05) is 0 Å². The van der Waals surface area contributed by atoms with Crippen LogP contribution in [0.4, 0.5) is 4.79 Å². The lowest BCUT2D eigenvalue weighted by atomic mass is 9.97. The van der Waals surface area contributed by atoms with Crippen molar-refractivity contribution in [1.29, 1.82) is 0 Å². The minimum absolute atomic E-state index is 0.213. The van der Waals surface area contributed by atoms with Crippen LogP contribution in [0.1, 0.15) is 41.0 Å². The second-order valence-corrected chi connectivity index (χ2v) is 5.88. The first-order chi connectivity index (χ1) is 12.3. The molecule has 0 bridgehead atoms. The number of fused-ring (bicyclic) bond motifs is 1. The van der Waals surface area contributed by atoms with Gasteiger partial charge >= 0.3 is 12.0 Å². The molecule has 0 aromatic heterocycles. The summed E-state index contributed by atoms with van der Waals surface area (Å²) in [6.07, 6.45) is 0.487. The van der Waals surface area contributed by atoms with Gasteiger partial charge in [-0.25, -0.2) is 9.59 Å². The Labute approximate surface area is 149 Å². The van der Waals surface area contributed by atoms with Crippen molar-refractivity contribution in [2.75, 3.05) is 6.61 Å². The molecule has 0 saturated heterocycles. The molecule has 1 heterocycles. The molecule has 5 amide bonds. The quantitative estimate of drug-likeness (QED) is 0.557. The van der Waals surface area contributed by atoms with E-state index in [-0.39, 0.29) is 11.1 Å². The topological polar surface area (TPSA) is 136 Å². The number of urea groups is 1. The first-order valence-electron chi connectivity index (χ1n) is 8.00. The normalized spacial score (nSPS) is 15.2. The van der Waals surface area contributed by atoms with E-state index < -0.39 is 48.3 Å². The van der Waals surface area contributed by atoms with Crippen LogP contribution in [0.15, 0.2) is 24.3 Å². The third-order valence-electron chi connectivity index (χ3n) is 4.14. The summed E-state index contributed by atoms with van der Waals surface area (Å²) >= 11 is 0. The lowest BCUT2D eigenvalue weighted by molar-refractivity contribution is -0.153. The minimum Gasteiger partial charge on any atom is -0.454 e. The summed E-state index contributed by atoms with van der Waals surface area (Å²) in [5.41, 5.74) is 5.23. The van der Waals surface area contributed by atoms with Gasteiger partial charge in [0.15, 0.2) is 6.61 Å². The number of hydrogen-bond donors (Lipinski definition) is 2. The maximum atomic E-state index is 12.6. The van der Waals surface area contributed by atoms with Crippen molar-refractivity contribution >= 4 is 29.7 Å². The van der Waals surface area contributed by atoms with E-state index in [1.165, 1.54) is 12.1 Å². The number of benzene rings is 1. The highest BCUT2D eigenvalue weighted by molar-refractivity contribution is 6.22. The number of primary amides is 1. The van der Waals surface area contributed by atoms with E-state index in [9.17, 15) is 24.0 Å². The Morgan fingerprint density at radius 3 is 2.15 bits per heavy atom. The van der Waals surface area contributed by atoms with Crippen LogP contribution in [0.2, 0.25) is 0 Å². The van der Waals surface area contributed by atoms with Crippen LogP contribution in [-0.2, 0) is 14.3 Å². The van der Waals surface area contributed by atoms with Gasteiger partial charge in [-0.1, -0.05) is 32.4 Å². The third-order valence-corrected chi connectivity index (χ3v) is 4.14. The number of carbonyl (C=O) groups excluding carboxylic acids is 5. The van der Waals surface area contributed by atoms with Gasteiger partial charge in [0.2, 0.25) is 0 Å². The largest absolute Gasteiger partial charge is 0.454 e. The fourth-order valence-corrected chi connectivity index (χ4v) is 2.67. The van der Waals surface area contributed by atoms with Gasteiger partial charge in [-0.15, -0.1) is 0 Å². The molecule has 2 atom stereocenters. The Hall–Kier alpha value is -3.23. The van der Waals surface area contributed by atoms with E-state index >= 15 is 0 Å². The lowest BCUT2D eigenvalue weighted by Crippen LogP contribution is -2.50. The summed E-state index contributed by atoms with van der Waals surface area (Å²) in [6, 6.07) is 4.00. The first-order valence-corrected chi connectivity index (χ1v) is 8.00. The number of nitrogens with zero attached hydrogens (tertiary/aromatic N) is 1. The van der Waals surface area contributed by atoms with E-state index in [2.05, 4.69) is 0 Å². The predicted molar refractivity (Wildman–Crippen MR) is 88.9 cm³/mol. The van der Waals surface area contributed by atoms with Crippen LogP contribution < -0.4 is 11.1 Å². The van der Waals surface area contributed by atoms with E-state index in [0.717, 1.165) is 4.90 Å². The monoisotopic (exact) mass is 361 g/mol. The van der Waals surface area contributed by atoms with Crippen LogP contribution in [-0.4, -0.2) is 47.3 Å². The summed E-state index contributed by atoms with van der Waals surface area (Å²) in [4.78, 5) is 60.6. The molecule has 1 aliphatic rings. The molecular formula is C17H19N3O6. The maximum absolute atomic E-state index is 12.6. The third kappa shape index (κ3) is 3.71. The minimum atomic E-state index is -1.19. The number of hydrogen-bond acceptors (Lipinski definition) is 6. The standard InChI is InChI=1S/C17H19N3O6/c1-3-9(2)13(16(24)26-8-12(21)19-17(18)25)20-14(22)10-6-4-5-7-11(10)15(20)23/h4-7,9,13H,3,8H2,1-2H3,(H3,18,19,21,25)/t9-,13-/m0/s1. The van der Waals surface area contributed by atoms with Gasteiger partial charge in [0.1, 0.15) is 6.04 Å². The molecule has 0 saturated carbocycles. The van der Waals surface area contributed by atoms with E-state index in [1.807, 2.05) is 0 Å². The number of amides is 5. The Kier molecular flexibility index (Phi) is 5.71. The van der Waals surface area contributed by atoms with E-state index in [4.69, 9.17) is 10.5 Å². The zero-order chi connectivity index (χ0) is 19.4. The molecule has 0 unspecified atom stereocenters. The Balaban J connectivity index is 2.22. The Bertz CT molecular complexity index is 741. The highest BCUT2D eigenvalue weighted by Gasteiger charge is 2.45. The summed E-state index contributed by atoms with van der Waals surface area (Å²) in [5.74, 6) is -3.39. The zero-order valence-electron chi connectivity index (χ0n) is 14.4. The van der Waals surface area contributed by atoms with Crippen molar-refractivity contribution in [2.24, 2.45) is 11.7 Å². The molecule has 1 aromatic carbocycles. The number of nitrogens with two attached hydrogens (primary N) is 1. The van der Waals surface area contributed by atoms with Crippen molar-refractivity contribution in [3.05, 3.63) is 35.4 Å². The second kappa shape index (κ2) is 7.77. The van der Waals surface area contributed by atoms with Crippen molar-refractivity contribution in [2.45, 2.75) is 26.3 Å². The molecule has 0 fully saturated rings. The second-order valence-electron chi connectivity index (χ2n) is 5.88. The lowest BCUT2D eigenvalue weighted by Gasteiger charge is -2.28. The van der Waals surface area contributed by atoms with Gasteiger partial charge in [0.05, 0.1) is 11.1 Å². The van der Waals surface area contributed by atoms with Crippen molar-refractivity contribution in [3.63, 3.8) is 0 Å². The fourth-order valence-electron chi connectivity index (χ4n) is 2.67. The Morgan fingerprint density at radius 1 is 1.15 bits per heavy atom. The van der Waals surface area contributed by atoms with Gasteiger partial charge in [-0.05, 0) is 18.1 Å². The number of carbonyl (C=O) groups is 5. The number of esters is 1. The van der Waals surface area contributed by atoms with Crippen LogP contribution in [0.3, 0.4) is 0 Å². The number of rotatable bonds is 6. The van der Waals surface area contributed by atoms with Crippen LogP contribution >= 0.6 is 0 Å². The van der Waals surface area contributed by atoms with Crippen molar-refractivity contribution < 1.29 is 28.7 Å². The highest BCUT2D eigenvalue weighted by atomic mass is 16.5. The molecular weight excluding hydrogens is 342 g/mol. The zero-order valence-corrected chi connectivity index (χ0v) is 14.4. The fraction of sp³-hybridized carbons (Fsp3) is 0.353. The molecule has 1 aliphatic heterocycles. The van der Waals surface area contributed by atoms with E-state index in [0.29, 0.717) is 6.42 Å². The average molecular weight is 361 g/mol. The summed E-state index contributed by atoms with van der Waals surface area (Å²) < 4.78 is 4.89. The molecule has 138 valence electrons. The summed E-state index contributed by atoms with van der Waals surface area (Å²) in [6.45, 7) is 2.74. The molecule has 9 nitrogen and oxygen atoms in total. The van der Waals surface area contributed by atoms with Crippen molar-refractivity contribution in [1.82, 2.24) is 10.2 Å². The molecule has 1 aromatic rings. The molecule has 0 radical (unpaired) electrons. The SMILES string of the molecule is CC[C@H](C)[C@@H](C(=O)OCC(=O)NC(N)=O)N1C(=O)c2ccccc2C1=O. The molecule has 0 aliphatic carbocycles. The highest BCUT2D eigenvalue weighted by Crippen LogP contribution is 2.28. The predicted octanol–water partition coefficient (Wildman–Crippen LogP) is 0.435. The number of nitrogens with one attached hydrogen (secondary N) is 1. The van der Waals surface area contributed by atoms with Crippen molar-refractivity contribution in [3.8, 4) is 0 Å². The maximum Gasteiger partial charge on any atom is 0.330 e. The number of ether oxygens (including phenoxy) is 1. The van der Waals surface area contributed by atoms with Crippen LogP contribution in [0.5, 0.6) is 0 Å². The van der Waals surface area contributed by atoms with Gasteiger partial charge < -0.3 is 10.5 Å². The smallest absolute Gasteiger partial charge is 0.330 e. The average Bonchev–Trinajstić information content (AvgIpc) is 2.85. The first kappa shape index (κ1) is 19.1. The summed E-state index contributed by atoms with van der Waals surface area (Å²) in [7, 11) is 0.